The second-order valence-electron chi connectivity index (χ2n) is 3.38. The Hall–Kier alpha value is -1.61. The second-order valence-corrected chi connectivity index (χ2v) is 4.16. The topological polar surface area (TPSA) is 21.6 Å². The van der Waals surface area contributed by atoms with Gasteiger partial charge in [0.05, 0.1) is 7.11 Å². The highest BCUT2D eigenvalue weighted by Crippen LogP contribution is 2.27. The molecule has 0 unspecified atom stereocenters. The van der Waals surface area contributed by atoms with Gasteiger partial charge in [0, 0.05) is 11.3 Å². The Morgan fingerprint density at radius 2 is 2.06 bits per heavy atom. The highest BCUT2D eigenvalue weighted by atomic mass is 32.1. The van der Waals surface area contributed by atoms with Crippen LogP contribution < -0.4 is 4.74 Å². The monoisotopic (exact) mass is 231 g/mol. The van der Waals surface area contributed by atoms with E-state index < -0.39 is 0 Å². The Kier molecular flexibility index (Phi) is 3.37. The lowest BCUT2D eigenvalue weighted by Gasteiger charge is -2.04. The minimum atomic E-state index is 0.803. The fourth-order valence-electron chi connectivity index (χ4n) is 1.44. The zero-order valence-corrected chi connectivity index (χ0v) is 10.1. The normalized spacial score (nSPS) is 11.5. The van der Waals surface area contributed by atoms with E-state index >= 15 is 0 Å². The van der Waals surface area contributed by atoms with E-state index in [1.54, 1.807) is 18.4 Å². The number of thiophene rings is 1. The van der Waals surface area contributed by atoms with Crippen molar-refractivity contribution in [3.05, 3.63) is 46.7 Å². The van der Waals surface area contributed by atoms with Gasteiger partial charge in [0.1, 0.15) is 11.4 Å². The third-order valence-corrected chi connectivity index (χ3v) is 3.00. The lowest BCUT2D eigenvalue weighted by atomic mass is 10.2. The summed E-state index contributed by atoms with van der Waals surface area (Å²) in [6.45, 7) is 2.01. The molecule has 0 radical (unpaired) electrons. The first-order valence-corrected chi connectivity index (χ1v) is 5.96. The first kappa shape index (κ1) is 10.9. The zero-order chi connectivity index (χ0) is 11.4. The fraction of sp³-hybridized carbons (Fsp3) is 0.154. The summed E-state index contributed by atoms with van der Waals surface area (Å²) < 4.78 is 5.26. The van der Waals surface area contributed by atoms with Crippen LogP contribution in [0, 0.1) is 0 Å². The van der Waals surface area contributed by atoms with E-state index in [1.165, 1.54) is 0 Å². The van der Waals surface area contributed by atoms with Crippen LogP contribution in [0.5, 0.6) is 5.75 Å². The first-order valence-electron chi connectivity index (χ1n) is 5.02. The molecule has 2 rings (SSSR count). The van der Waals surface area contributed by atoms with Gasteiger partial charge in [0.15, 0.2) is 0 Å². The molecule has 1 heterocycles. The van der Waals surface area contributed by atoms with Crippen molar-refractivity contribution in [3.63, 3.8) is 0 Å². The average Bonchev–Trinajstić information content (AvgIpc) is 2.83. The molecule has 0 amide bonds. The number of methoxy groups -OCH3 is 1. The van der Waals surface area contributed by atoms with Gasteiger partial charge in [-0.1, -0.05) is 12.1 Å². The van der Waals surface area contributed by atoms with Crippen molar-refractivity contribution in [2.24, 2.45) is 4.99 Å². The Morgan fingerprint density at radius 1 is 1.25 bits per heavy atom. The van der Waals surface area contributed by atoms with E-state index in [9.17, 15) is 0 Å². The van der Waals surface area contributed by atoms with E-state index in [1.807, 2.05) is 31.2 Å². The van der Waals surface area contributed by atoms with Crippen molar-refractivity contribution < 1.29 is 4.74 Å². The maximum Gasteiger partial charge on any atom is 0.144 e. The maximum absolute atomic E-state index is 5.26. The molecule has 0 aliphatic heterocycles. The average molecular weight is 231 g/mol. The van der Waals surface area contributed by atoms with E-state index in [-0.39, 0.29) is 0 Å². The van der Waals surface area contributed by atoms with Gasteiger partial charge in [0.2, 0.25) is 0 Å². The third-order valence-electron chi connectivity index (χ3n) is 2.31. The summed E-state index contributed by atoms with van der Waals surface area (Å²) in [5.74, 6) is 0.803. The van der Waals surface area contributed by atoms with Gasteiger partial charge in [-0.15, -0.1) is 0 Å². The van der Waals surface area contributed by atoms with Crippen LogP contribution in [0.15, 0.2) is 46.1 Å². The molecule has 0 fully saturated rings. The molecule has 1 aromatic carbocycles. The first-order chi connectivity index (χ1) is 7.81. The molecule has 0 bridgehead atoms. The molecule has 0 N–H and O–H groups in total. The second kappa shape index (κ2) is 4.94. The highest BCUT2D eigenvalue weighted by molar-refractivity contribution is 7.08. The van der Waals surface area contributed by atoms with E-state index in [0.29, 0.717) is 0 Å². The summed E-state index contributed by atoms with van der Waals surface area (Å²) in [7, 11) is 1.66. The predicted octanol–water partition coefficient (Wildman–Crippen LogP) is 3.90. The van der Waals surface area contributed by atoms with Crippen LogP contribution in [0.25, 0.3) is 0 Å². The molecule has 0 spiro atoms. The summed E-state index contributed by atoms with van der Waals surface area (Å²) in [4.78, 5) is 4.57. The molecule has 2 nitrogen and oxygen atoms in total. The molecule has 16 heavy (non-hydrogen) atoms. The standard InChI is InChI=1S/C13H13NOS/c1-10(11-7-8-16-9-11)14-12-5-3-4-6-13(12)15-2/h3-9H,1-2H3. The Bertz CT molecular complexity index is 488. The van der Waals surface area contributed by atoms with Crippen molar-refractivity contribution in [2.75, 3.05) is 7.11 Å². The minimum absolute atomic E-state index is 0.803. The fourth-order valence-corrected chi connectivity index (χ4v) is 2.14. The molecule has 82 valence electrons. The van der Waals surface area contributed by atoms with Gasteiger partial charge in [0.25, 0.3) is 0 Å². The Labute approximate surface area is 99.2 Å². The number of nitrogens with zero attached hydrogens (tertiary/aromatic N) is 1. The SMILES string of the molecule is COc1ccccc1N=C(C)c1ccsc1. The van der Waals surface area contributed by atoms with Crippen molar-refractivity contribution in [1.29, 1.82) is 0 Å². The number of para-hydroxylation sites is 2. The molecule has 2 aromatic rings. The van der Waals surface area contributed by atoms with Gasteiger partial charge in [-0.3, -0.25) is 0 Å². The van der Waals surface area contributed by atoms with Crippen LogP contribution >= 0.6 is 11.3 Å². The number of benzene rings is 1. The summed E-state index contributed by atoms with van der Waals surface area (Å²) in [6.07, 6.45) is 0. The smallest absolute Gasteiger partial charge is 0.144 e. The van der Waals surface area contributed by atoms with Crippen LogP contribution in [-0.4, -0.2) is 12.8 Å². The van der Waals surface area contributed by atoms with E-state index in [2.05, 4.69) is 21.8 Å². The van der Waals surface area contributed by atoms with Crippen molar-refractivity contribution in [3.8, 4) is 5.75 Å². The Morgan fingerprint density at radius 3 is 2.75 bits per heavy atom. The number of ether oxygens (including phenoxy) is 1. The Balaban J connectivity index is 2.35. The van der Waals surface area contributed by atoms with Crippen molar-refractivity contribution in [1.82, 2.24) is 0 Å². The molecule has 0 saturated heterocycles. The molecule has 0 aliphatic rings. The third kappa shape index (κ3) is 2.31. The molecule has 0 aliphatic carbocycles. The summed E-state index contributed by atoms with van der Waals surface area (Å²) >= 11 is 1.68. The lowest BCUT2D eigenvalue weighted by molar-refractivity contribution is 0.416. The van der Waals surface area contributed by atoms with Crippen LogP contribution in [0.2, 0.25) is 0 Å². The maximum atomic E-state index is 5.26. The van der Waals surface area contributed by atoms with Crippen LogP contribution in [0.4, 0.5) is 5.69 Å². The minimum Gasteiger partial charge on any atom is -0.494 e. The molecular formula is C13H13NOS. The van der Waals surface area contributed by atoms with Gasteiger partial charge in [-0.25, -0.2) is 4.99 Å². The molecule has 1 aromatic heterocycles. The summed E-state index contributed by atoms with van der Waals surface area (Å²) in [6, 6.07) is 9.84. The van der Waals surface area contributed by atoms with E-state index in [4.69, 9.17) is 4.74 Å². The number of aliphatic imine (C=N–C) groups is 1. The molecule has 0 atom stereocenters. The van der Waals surface area contributed by atoms with Gasteiger partial charge in [-0.2, -0.15) is 11.3 Å². The quantitative estimate of drug-likeness (QED) is 0.734. The zero-order valence-electron chi connectivity index (χ0n) is 9.31. The van der Waals surface area contributed by atoms with Crippen molar-refractivity contribution >= 4 is 22.7 Å². The van der Waals surface area contributed by atoms with Crippen LogP contribution in [-0.2, 0) is 0 Å². The summed E-state index contributed by atoms with van der Waals surface area (Å²) in [5, 5.41) is 4.14. The molecule has 0 saturated carbocycles. The number of hydrogen-bond donors (Lipinski definition) is 0. The predicted molar refractivity (Wildman–Crippen MR) is 69.2 cm³/mol. The summed E-state index contributed by atoms with van der Waals surface area (Å²) in [5.41, 5.74) is 3.04. The van der Waals surface area contributed by atoms with Gasteiger partial charge < -0.3 is 4.74 Å². The largest absolute Gasteiger partial charge is 0.494 e. The molecular weight excluding hydrogens is 218 g/mol. The number of hydrogen-bond acceptors (Lipinski definition) is 3. The van der Waals surface area contributed by atoms with Crippen LogP contribution in [0.1, 0.15) is 12.5 Å². The van der Waals surface area contributed by atoms with Crippen LogP contribution in [0.3, 0.4) is 0 Å². The van der Waals surface area contributed by atoms with Gasteiger partial charge >= 0.3 is 0 Å². The highest BCUT2D eigenvalue weighted by Gasteiger charge is 2.02. The van der Waals surface area contributed by atoms with Gasteiger partial charge in [-0.05, 0) is 35.9 Å². The lowest BCUT2D eigenvalue weighted by Crippen LogP contribution is -1.91. The van der Waals surface area contributed by atoms with E-state index in [0.717, 1.165) is 22.7 Å². The number of rotatable bonds is 3. The molecule has 3 heteroatoms. The van der Waals surface area contributed by atoms with Crippen molar-refractivity contribution in [2.45, 2.75) is 6.92 Å².